The van der Waals surface area contributed by atoms with E-state index in [1.54, 1.807) is 29.8 Å². The van der Waals surface area contributed by atoms with Crippen LogP contribution in [0.5, 0.6) is 5.75 Å². The first-order chi connectivity index (χ1) is 16.6. The molecule has 4 aromatic rings. The molecule has 1 amide bonds. The first-order valence-electron chi connectivity index (χ1n) is 11.3. The van der Waals surface area contributed by atoms with Gasteiger partial charge in [0.1, 0.15) is 17.4 Å². The number of hydrogen-bond donors (Lipinski definition) is 1. The summed E-state index contributed by atoms with van der Waals surface area (Å²) in [5.41, 5.74) is 2.05. The Kier molecular flexibility index (Phi) is 6.07. The number of halogens is 1. The van der Waals surface area contributed by atoms with Gasteiger partial charge in [0, 0.05) is 36.7 Å². The number of hydrogen-bond acceptors (Lipinski definition) is 6. The van der Waals surface area contributed by atoms with E-state index in [1.807, 2.05) is 36.4 Å². The van der Waals surface area contributed by atoms with Gasteiger partial charge in [-0.25, -0.2) is 4.39 Å². The highest BCUT2D eigenvalue weighted by atomic mass is 19.1. The smallest absolute Gasteiger partial charge is 0.223 e. The molecule has 174 valence electrons. The molecule has 34 heavy (non-hydrogen) atoms. The van der Waals surface area contributed by atoms with Crippen molar-refractivity contribution < 1.29 is 13.9 Å². The predicted octanol–water partition coefficient (Wildman–Crippen LogP) is 3.47. The Balaban J connectivity index is 1.24. The summed E-state index contributed by atoms with van der Waals surface area (Å²) in [6.07, 6.45) is 1.41. The maximum atomic E-state index is 13.8. The van der Waals surface area contributed by atoms with E-state index < -0.39 is 0 Å². The molecule has 0 radical (unpaired) electrons. The molecule has 0 aliphatic carbocycles. The summed E-state index contributed by atoms with van der Waals surface area (Å²) in [6.45, 7) is 1.61. The summed E-state index contributed by atoms with van der Waals surface area (Å²) in [5.74, 6) is 1.80. The van der Waals surface area contributed by atoms with Crippen LogP contribution in [0.3, 0.4) is 0 Å². The second-order valence-electron chi connectivity index (χ2n) is 8.28. The number of nitrogens with zero attached hydrogens (tertiary/aromatic N) is 5. The van der Waals surface area contributed by atoms with Crippen molar-refractivity contribution >= 4 is 17.4 Å². The number of carbonyl (C=O) groups is 1. The largest absolute Gasteiger partial charge is 0.497 e. The van der Waals surface area contributed by atoms with E-state index >= 15 is 0 Å². The highest BCUT2D eigenvalue weighted by molar-refractivity contribution is 5.79. The minimum atomic E-state index is -0.304. The van der Waals surface area contributed by atoms with Crippen LogP contribution in [-0.4, -0.2) is 45.9 Å². The molecule has 1 fully saturated rings. The second-order valence-corrected chi connectivity index (χ2v) is 8.28. The molecule has 2 aromatic carbocycles. The minimum absolute atomic E-state index is 0.0353. The van der Waals surface area contributed by atoms with Crippen LogP contribution < -0.4 is 15.0 Å². The Bertz CT molecular complexity index is 1300. The number of aromatic nitrogens is 4. The Morgan fingerprint density at radius 2 is 1.82 bits per heavy atom. The lowest BCUT2D eigenvalue weighted by atomic mass is 9.96. The van der Waals surface area contributed by atoms with Gasteiger partial charge in [-0.15, -0.1) is 15.3 Å². The maximum Gasteiger partial charge on any atom is 0.223 e. The SMILES string of the molecule is COc1ccc(-c2nnc3ccc(N4CCC(C(=O)NCc5ccccc5F)CC4)nn23)cc1. The third kappa shape index (κ3) is 4.41. The van der Waals surface area contributed by atoms with Gasteiger partial charge >= 0.3 is 0 Å². The quantitative estimate of drug-likeness (QED) is 0.474. The van der Waals surface area contributed by atoms with Crippen LogP contribution in [0.2, 0.25) is 0 Å². The molecule has 0 unspecified atom stereocenters. The van der Waals surface area contributed by atoms with Gasteiger partial charge in [-0.05, 0) is 55.3 Å². The molecule has 1 aliphatic heterocycles. The van der Waals surface area contributed by atoms with Gasteiger partial charge < -0.3 is 15.0 Å². The number of methoxy groups -OCH3 is 1. The van der Waals surface area contributed by atoms with E-state index in [1.165, 1.54) is 6.07 Å². The van der Waals surface area contributed by atoms with E-state index in [2.05, 4.69) is 20.4 Å². The van der Waals surface area contributed by atoms with E-state index in [0.717, 1.165) is 17.1 Å². The lowest BCUT2D eigenvalue weighted by molar-refractivity contribution is -0.125. The number of ether oxygens (including phenoxy) is 1. The first-order valence-corrected chi connectivity index (χ1v) is 11.3. The van der Waals surface area contributed by atoms with Crippen LogP contribution in [0.25, 0.3) is 17.0 Å². The highest BCUT2D eigenvalue weighted by Gasteiger charge is 2.26. The molecular weight excluding hydrogens is 435 g/mol. The molecular formula is C25H25FN6O2. The normalized spacial score (nSPS) is 14.4. The summed E-state index contributed by atoms with van der Waals surface area (Å²) in [7, 11) is 1.63. The fraction of sp³-hybridized carbons (Fsp3) is 0.280. The third-order valence-corrected chi connectivity index (χ3v) is 6.20. The molecule has 1 saturated heterocycles. The van der Waals surface area contributed by atoms with Gasteiger partial charge in [0.05, 0.1) is 7.11 Å². The molecule has 0 bridgehead atoms. The van der Waals surface area contributed by atoms with Crippen molar-refractivity contribution in [2.45, 2.75) is 19.4 Å². The summed E-state index contributed by atoms with van der Waals surface area (Å²) in [6, 6.07) is 17.9. The molecule has 8 nitrogen and oxygen atoms in total. The molecule has 2 aromatic heterocycles. The van der Waals surface area contributed by atoms with E-state index in [0.29, 0.717) is 43.0 Å². The van der Waals surface area contributed by atoms with Gasteiger partial charge in [-0.1, -0.05) is 18.2 Å². The van der Waals surface area contributed by atoms with Crippen molar-refractivity contribution in [1.29, 1.82) is 0 Å². The Hall–Kier alpha value is -4.01. The van der Waals surface area contributed by atoms with Crippen molar-refractivity contribution in [2.75, 3.05) is 25.1 Å². The van der Waals surface area contributed by atoms with Crippen molar-refractivity contribution in [1.82, 2.24) is 25.1 Å². The Morgan fingerprint density at radius 3 is 2.56 bits per heavy atom. The number of carbonyl (C=O) groups excluding carboxylic acids is 1. The number of amides is 1. The van der Waals surface area contributed by atoms with Crippen LogP contribution in [-0.2, 0) is 11.3 Å². The van der Waals surface area contributed by atoms with Crippen LogP contribution >= 0.6 is 0 Å². The zero-order valence-electron chi connectivity index (χ0n) is 18.8. The Morgan fingerprint density at radius 1 is 1.06 bits per heavy atom. The monoisotopic (exact) mass is 460 g/mol. The average molecular weight is 461 g/mol. The summed E-state index contributed by atoms with van der Waals surface area (Å²) in [5, 5.41) is 16.2. The number of nitrogens with one attached hydrogen (secondary N) is 1. The number of rotatable bonds is 6. The zero-order chi connectivity index (χ0) is 23.5. The third-order valence-electron chi connectivity index (χ3n) is 6.20. The van der Waals surface area contributed by atoms with Gasteiger partial charge in [-0.3, -0.25) is 4.79 Å². The van der Waals surface area contributed by atoms with Crippen molar-refractivity contribution in [3.05, 3.63) is 72.0 Å². The maximum absolute atomic E-state index is 13.8. The van der Waals surface area contributed by atoms with E-state index in [9.17, 15) is 9.18 Å². The minimum Gasteiger partial charge on any atom is -0.497 e. The topological polar surface area (TPSA) is 84.7 Å². The van der Waals surface area contributed by atoms with Gasteiger partial charge in [-0.2, -0.15) is 4.52 Å². The lowest BCUT2D eigenvalue weighted by Gasteiger charge is -2.32. The number of fused-ring (bicyclic) bond motifs is 1. The molecule has 0 saturated carbocycles. The van der Waals surface area contributed by atoms with E-state index in [-0.39, 0.29) is 24.2 Å². The van der Waals surface area contributed by atoms with Crippen LogP contribution in [0.15, 0.2) is 60.7 Å². The van der Waals surface area contributed by atoms with Crippen LogP contribution in [0.4, 0.5) is 10.2 Å². The van der Waals surface area contributed by atoms with Gasteiger partial charge in [0.2, 0.25) is 5.91 Å². The molecule has 1 N–H and O–H groups in total. The van der Waals surface area contributed by atoms with Crippen molar-refractivity contribution in [3.8, 4) is 17.1 Å². The van der Waals surface area contributed by atoms with Crippen molar-refractivity contribution in [3.63, 3.8) is 0 Å². The highest BCUT2D eigenvalue weighted by Crippen LogP contribution is 2.25. The number of benzene rings is 2. The Labute approximate surface area is 196 Å². The molecule has 1 aliphatic rings. The summed E-state index contributed by atoms with van der Waals surface area (Å²) in [4.78, 5) is 14.8. The molecule has 3 heterocycles. The standard InChI is InChI=1S/C25H25FN6O2/c1-34-20-8-6-17(7-9-20)24-29-28-22-10-11-23(30-32(22)24)31-14-12-18(13-15-31)25(33)27-16-19-4-2-3-5-21(19)26/h2-11,18H,12-16H2,1H3,(H,27,33). The van der Waals surface area contributed by atoms with E-state index in [4.69, 9.17) is 9.84 Å². The number of anilines is 1. The fourth-order valence-corrected chi connectivity index (χ4v) is 4.21. The first kappa shape index (κ1) is 21.8. The molecule has 0 spiro atoms. The fourth-order valence-electron chi connectivity index (χ4n) is 4.21. The average Bonchev–Trinajstić information content (AvgIpc) is 3.31. The molecule has 0 atom stereocenters. The zero-order valence-corrected chi connectivity index (χ0v) is 18.8. The van der Waals surface area contributed by atoms with Gasteiger partial charge in [0.15, 0.2) is 11.5 Å². The summed E-state index contributed by atoms with van der Waals surface area (Å²) >= 11 is 0. The van der Waals surface area contributed by atoms with Gasteiger partial charge in [0.25, 0.3) is 0 Å². The predicted molar refractivity (Wildman–Crippen MR) is 126 cm³/mol. The lowest BCUT2D eigenvalue weighted by Crippen LogP contribution is -2.40. The molecule has 9 heteroatoms. The van der Waals surface area contributed by atoms with Crippen molar-refractivity contribution in [2.24, 2.45) is 5.92 Å². The van der Waals surface area contributed by atoms with Crippen LogP contribution in [0, 0.1) is 11.7 Å². The van der Waals surface area contributed by atoms with Crippen LogP contribution in [0.1, 0.15) is 18.4 Å². The summed E-state index contributed by atoms with van der Waals surface area (Å²) < 4.78 is 20.8. The molecule has 5 rings (SSSR count). The second kappa shape index (κ2) is 9.46. The number of piperidine rings is 1.